The van der Waals surface area contributed by atoms with E-state index < -0.39 is 0 Å². The van der Waals surface area contributed by atoms with Gasteiger partial charge in [0.15, 0.2) is 0 Å². The summed E-state index contributed by atoms with van der Waals surface area (Å²) >= 11 is 0. The van der Waals surface area contributed by atoms with Crippen molar-refractivity contribution in [2.45, 2.75) is 25.7 Å². The van der Waals surface area contributed by atoms with Crippen LogP contribution in [0, 0.1) is 0 Å². The lowest BCUT2D eigenvalue weighted by Crippen LogP contribution is -1.94. The minimum absolute atomic E-state index is 1.12. The molecule has 0 aromatic heterocycles. The quantitative estimate of drug-likeness (QED) is 0.535. The average Bonchev–Trinajstić information content (AvgIpc) is 3.04. The Hall–Kier alpha value is -2.08. The maximum atomic E-state index is 2.36. The highest BCUT2D eigenvalue weighted by Gasteiger charge is 2.29. The Morgan fingerprint density at radius 3 is 2.75 bits per heavy atom. The summed E-state index contributed by atoms with van der Waals surface area (Å²) in [7, 11) is 0. The lowest BCUT2D eigenvalue weighted by molar-refractivity contribution is 1.04. The first-order valence-corrected chi connectivity index (χ1v) is 7.54. The summed E-state index contributed by atoms with van der Waals surface area (Å²) in [5, 5.41) is 0. The maximum absolute atomic E-state index is 2.36. The van der Waals surface area contributed by atoms with E-state index in [-0.39, 0.29) is 0 Å². The molecular weight excluding hydrogens is 240 g/mol. The Morgan fingerprint density at radius 1 is 0.800 bits per heavy atom. The van der Waals surface area contributed by atoms with Gasteiger partial charge in [0.2, 0.25) is 0 Å². The summed E-state index contributed by atoms with van der Waals surface area (Å²) in [4.78, 5) is 0. The molecule has 0 radical (unpaired) electrons. The Labute approximate surface area is 119 Å². The molecular formula is C20H16. The van der Waals surface area contributed by atoms with Gasteiger partial charge in [-0.2, -0.15) is 0 Å². The molecule has 0 aliphatic heterocycles. The molecule has 0 saturated heterocycles. The van der Waals surface area contributed by atoms with Crippen LogP contribution in [0.2, 0.25) is 0 Å². The average molecular weight is 256 g/mol. The van der Waals surface area contributed by atoms with Crippen LogP contribution in [0.25, 0.3) is 16.7 Å². The van der Waals surface area contributed by atoms with Crippen LogP contribution in [-0.4, -0.2) is 0 Å². The van der Waals surface area contributed by atoms with E-state index in [1.165, 1.54) is 29.5 Å². The van der Waals surface area contributed by atoms with Crippen LogP contribution >= 0.6 is 0 Å². The van der Waals surface area contributed by atoms with Crippen molar-refractivity contribution in [1.82, 2.24) is 0 Å². The van der Waals surface area contributed by atoms with Crippen molar-refractivity contribution in [3.05, 3.63) is 76.4 Å². The number of hydrogen-bond acceptors (Lipinski definition) is 0. The molecule has 0 heteroatoms. The van der Waals surface area contributed by atoms with Crippen molar-refractivity contribution >= 4 is 5.57 Å². The summed E-state index contributed by atoms with van der Waals surface area (Å²) in [6.07, 6.45) is 9.38. The van der Waals surface area contributed by atoms with Gasteiger partial charge >= 0.3 is 0 Å². The standard InChI is InChI=1S/C20H16/c1-3-7-16-14(6-1)12-19-18(16)10-9-15-11-13-5-2-4-8-17(13)20(15)19/h1-3,5-7,9-10H,4,8,11-12H2. The first-order chi connectivity index (χ1) is 9.92. The summed E-state index contributed by atoms with van der Waals surface area (Å²) < 4.78 is 0. The molecule has 0 N–H and O–H groups in total. The fourth-order valence-electron chi connectivity index (χ4n) is 4.15. The molecule has 0 spiro atoms. The van der Waals surface area contributed by atoms with Gasteiger partial charge in [-0.3, -0.25) is 0 Å². The number of rotatable bonds is 0. The van der Waals surface area contributed by atoms with Crippen molar-refractivity contribution in [2.24, 2.45) is 0 Å². The molecule has 3 aliphatic rings. The van der Waals surface area contributed by atoms with Crippen LogP contribution in [0.3, 0.4) is 0 Å². The third kappa shape index (κ3) is 1.27. The lowest BCUT2D eigenvalue weighted by Gasteiger charge is -2.13. The van der Waals surface area contributed by atoms with Crippen molar-refractivity contribution in [2.75, 3.05) is 0 Å². The van der Waals surface area contributed by atoms with Gasteiger partial charge < -0.3 is 0 Å². The molecule has 3 aliphatic carbocycles. The fourth-order valence-corrected chi connectivity index (χ4v) is 4.15. The van der Waals surface area contributed by atoms with Gasteiger partial charge in [-0.1, -0.05) is 48.6 Å². The zero-order chi connectivity index (χ0) is 13.1. The van der Waals surface area contributed by atoms with E-state index in [0.29, 0.717) is 0 Å². The zero-order valence-corrected chi connectivity index (χ0v) is 11.4. The second-order valence-electron chi connectivity index (χ2n) is 6.08. The highest BCUT2D eigenvalue weighted by atomic mass is 14.3. The lowest BCUT2D eigenvalue weighted by atomic mass is 9.91. The summed E-state index contributed by atoms with van der Waals surface area (Å²) in [6.45, 7) is 0. The molecule has 2 aromatic rings. The monoisotopic (exact) mass is 256 g/mol. The predicted octanol–water partition coefficient (Wildman–Crippen LogP) is 4.92. The van der Waals surface area contributed by atoms with Crippen molar-refractivity contribution in [3.63, 3.8) is 0 Å². The van der Waals surface area contributed by atoms with E-state index >= 15 is 0 Å². The summed E-state index contributed by atoms with van der Waals surface area (Å²) in [5.41, 5.74) is 12.3. The van der Waals surface area contributed by atoms with E-state index in [4.69, 9.17) is 0 Å². The predicted molar refractivity (Wildman–Crippen MR) is 83.7 cm³/mol. The molecule has 0 bridgehead atoms. The normalized spacial score (nSPS) is 17.8. The molecule has 0 saturated carbocycles. The number of hydrogen-bond donors (Lipinski definition) is 0. The Balaban J connectivity index is 1.78. The number of fused-ring (bicyclic) bond motifs is 6. The largest absolute Gasteiger partial charge is 0.0839 e. The van der Waals surface area contributed by atoms with Crippen LogP contribution < -0.4 is 0 Å². The van der Waals surface area contributed by atoms with E-state index in [0.717, 1.165) is 12.8 Å². The van der Waals surface area contributed by atoms with E-state index in [1.54, 1.807) is 27.8 Å². The summed E-state index contributed by atoms with van der Waals surface area (Å²) in [6, 6.07) is 13.6. The maximum Gasteiger partial charge on any atom is -0.000730 e. The Bertz CT molecular complexity index is 803. The van der Waals surface area contributed by atoms with Gasteiger partial charge in [-0.15, -0.1) is 0 Å². The van der Waals surface area contributed by atoms with Crippen LogP contribution in [0.4, 0.5) is 0 Å². The van der Waals surface area contributed by atoms with E-state index in [2.05, 4.69) is 48.6 Å². The van der Waals surface area contributed by atoms with E-state index in [9.17, 15) is 0 Å². The highest BCUT2D eigenvalue weighted by Crippen LogP contribution is 2.47. The minimum atomic E-state index is 1.12. The highest BCUT2D eigenvalue weighted by molar-refractivity contribution is 5.89. The van der Waals surface area contributed by atoms with Gasteiger partial charge in [-0.05, 0) is 70.2 Å². The first kappa shape index (κ1) is 10.7. The molecule has 5 rings (SSSR count). The number of benzene rings is 2. The van der Waals surface area contributed by atoms with Crippen molar-refractivity contribution < 1.29 is 0 Å². The molecule has 96 valence electrons. The third-order valence-electron chi connectivity index (χ3n) is 5.02. The smallest absolute Gasteiger partial charge is 0.000730 e. The molecule has 0 heterocycles. The molecule has 0 unspecified atom stereocenters. The fraction of sp³-hybridized carbons (Fsp3) is 0.200. The van der Waals surface area contributed by atoms with E-state index in [1.807, 2.05) is 0 Å². The van der Waals surface area contributed by atoms with Gasteiger partial charge in [-0.25, -0.2) is 0 Å². The second kappa shape index (κ2) is 3.73. The van der Waals surface area contributed by atoms with Crippen LogP contribution in [-0.2, 0) is 12.8 Å². The summed E-state index contributed by atoms with van der Waals surface area (Å²) in [5.74, 6) is 0. The SMILES string of the molecule is C1=CC2=C(CC1)c1c(ccc3c1Cc1ccccc1-3)C2. The Kier molecular flexibility index (Phi) is 1.99. The van der Waals surface area contributed by atoms with Gasteiger partial charge in [0, 0.05) is 0 Å². The molecule has 20 heavy (non-hydrogen) atoms. The number of allylic oxidation sites excluding steroid dienone is 4. The van der Waals surface area contributed by atoms with Crippen LogP contribution in [0.15, 0.2) is 54.1 Å². The first-order valence-electron chi connectivity index (χ1n) is 7.54. The molecule has 0 nitrogen and oxygen atoms in total. The van der Waals surface area contributed by atoms with Crippen molar-refractivity contribution in [3.8, 4) is 11.1 Å². The van der Waals surface area contributed by atoms with Crippen LogP contribution in [0.1, 0.15) is 35.1 Å². The minimum Gasteiger partial charge on any atom is -0.0839 e. The van der Waals surface area contributed by atoms with Gasteiger partial charge in [0.25, 0.3) is 0 Å². The second-order valence-corrected chi connectivity index (χ2v) is 6.08. The molecule has 0 fully saturated rings. The van der Waals surface area contributed by atoms with Crippen LogP contribution in [0.5, 0.6) is 0 Å². The van der Waals surface area contributed by atoms with Gasteiger partial charge in [0.1, 0.15) is 0 Å². The molecule has 0 amide bonds. The van der Waals surface area contributed by atoms with Crippen molar-refractivity contribution in [1.29, 1.82) is 0 Å². The zero-order valence-electron chi connectivity index (χ0n) is 11.4. The molecule has 2 aromatic carbocycles. The topological polar surface area (TPSA) is 0 Å². The third-order valence-corrected chi connectivity index (χ3v) is 5.02. The van der Waals surface area contributed by atoms with Gasteiger partial charge in [0.05, 0.1) is 0 Å². The molecule has 0 atom stereocenters. The Morgan fingerprint density at radius 2 is 1.75 bits per heavy atom.